The van der Waals surface area contributed by atoms with Gasteiger partial charge in [-0.15, -0.1) is 0 Å². The lowest BCUT2D eigenvalue weighted by molar-refractivity contribution is -0.131. The summed E-state index contributed by atoms with van der Waals surface area (Å²) < 4.78 is 12.0. The van der Waals surface area contributed by atoms with Crippen LogP contribution in [0.5, 0.6) is 0 Å². The van der Waals surface area contributed by atoms with Crippen LogP contribution in [0.1, 0.15) is 0 Å². The minimum absolute atomic E-state index is 0.188. The van der Waals surface area contributed by atoms with E-state index in [0.717, 1.165) is 0 Å². The van der Waals surface area contributed by atoms with Crippen molar-refractivity contribution in [2.75, 3.05) is 0 Å². The van der Waals surface area contributed by atoms with Crippen LogP contribution >= 0.6 is 0 Å². The fourth-order valence-electron chi connectivity index (χ4n) is 0.812. The van der Waals surface area contributed by atoms with Gasteiger partial charge in [0.15, 0.2) is 0 Å². The molecule has 0 aliphatic heterocycles. The number of allylic oxidation sites excluding steroid dienone is 4. The zero-order valence-corrected chi connectivity index (χ0v) is 5.08. The maximum absolute atomic E-state index is 12.0. The van der Waals surface area contributed by atoms with Crippen LogP contribution in [0.3, 0.4) is 0 Å². The molecule has 1 aliphatic rings. The maximum Gasteiger partial charge on any atom is 0.312 e. The lowest BCUT2D eigenvalue weighted by atomic mass is 10.1. The highest BCUT2D eigenvalue weighted by atomic mass is 19.1. The van der Waals surface area contributed by atoms with Gasteiger partial charge in [0, 0.05) is 5.57 Å². The monoisotopic (exact) mass is 140 g/mol. The molecule has 0 radical (unpaired) electrons. The lowest BCUT2D eigenvalue weighted by Crippen LogP contribution is -2.07. The molecule has 0 saturated heterocycles. The molecule has 10 heavy (non-hydrogen) atoms. The Labute approximate surface area is 57.0 Å². The summed E-state index contributed by atoms with van der Waals surface area (Å²) in [6, 6.07) is -1.48. The van der Waals surface area contributed by atoms with Crippen LogP contribution in [0.25, 0.3) is 0 Å². The Morgan fingerprint density at radius 3 is 2.80 bits per heavy atom. The first kappa shape index (κ1) is 6.86. The summed E-state index contributed by atoms with van der Waals surface area (Å²) in [5, 5.41) is 0. The molecule has 0 bridgehead atoms. The Balaban J connectivity index is 2.80. The van der Waals surface area contributed by atoms with E-state index in [9.17, 15) is 14.0 Å². The normalized spacial score (nSPS) is 22.5. The van der Waals surface area contributed by atoms with Gasteiger partial charge in [-0.1, -0.05) is 18.2 Å². The highest BCUT2D eigenvalue weighted by molar-refractivity contribution is 5.89. The standard InChI is InChI=1S/C7H5FO2/c8-7(10)6-3-1-2-5(6)4-9/h1-4,6H. The summed E-state index contributed by atoms with van der Waals surface area (Å²) in [6.07, 6.45) is 4.76. The number of carbonyl (C=O) groups is 2. The predicted octanol–water partition coefficient (Wildman–Crippen LogP) is 0.794. The van der Waals surface area contributed by atoms with Crippen LogP contribution in [0, 0.1) is 5.92 Å². The molecule has 0 N–H and O–H groups in total. The van der Waals surface area contributed by atoms with Gasteiger partial charge in [-0.05, 0) is 0 Å². The maximum atomic E-state index is 12.0. The summed E-state index contributed by atoms with van der Waals surface area (Å²) in [4.78, 5) is 20.2. The smallest absolute Gasteiger partial charge is 0.298 e. The summed E-state index contributed by atoms with van der Waals surface area (Å²) in [7, 11) is 0. The van der Waals surface area contributed by atoms with Crippen molar-refractivity contribution in [1.82, 2.24) is 0 Å². The number of carbonyl (C=O) groups excluding carboxylic acids is 2. The average Bonchev–Trinajstić information content (AvgIpc) is 2.33. The molecule has 0 saturated carbocycles. The van der Waals surface area contributed by atoms with Crippen LogP contribution in [0.2, 0.25) is 0 Å². The molecule has 0 amide bonds. The minimum Gasteiger partial charge on any atom is -0.298 e. The number of halogens is 1. The van der Waals surface area contributed by atoms with Crippen LogP contribution < -0.4 is 0 Å². The average molecular weight is 140 g/mol. The molecule has 0 aromatic rings. The summed E-state index contributed by atoms with van der Waals surface area (Å²) in [5.74, 6) is -0.947. The van der Waals surface area contributed by atoms with E-state index in [1.54, 1.807) is 0 Å². The molecule has 0 aromatic heterocycles. The van der Waals surface area contributed by atoms with Crippen LogP contribution in [0.4, 0.5) is 4.39 Å². The number of rotatable bonds is 2. The van der Waals surface area contributed by atoms with E-state index in [1.807, 2.05) is 0 Å². The van der Waals surface area contributed by atoms with Gasteiger partial charge < -0.3 is 0 Å². The highest BCUT2D eigenvalue weighted by Crippen LogP contribution is 2.18. The predicted molar refractivity (Wildman–Crippen MR) is 32.9 cm³/mol. The zero-order chi connectivity index (χ0) is 7.56. The van der Waals surface area contributed by atoms with E-state index < -0.39 is 12.0 Å². The second-order valence-corrected chi connectivity index (χ2v) is 1.95. The molecule has 1 atom stereocenters. The molecule has 3 heteroatoms. The van der Waals surface area contributed by atoms with Crippen molar-refractivity contribution < 1.29 is 14.0 Å². The Hall–Kier alpha value is -1.25. The van der Waals surface area contributed by atoms with Crippen LogP contribution in [-0.2, 0) is 9.59 Å². The molecule has 0 heterocycles. The fourth-order valence-corrected chi connectivity index (χ4v) is 0.812. The molecule has 0 spiro atoms. The molecule has 0 fully saturated rings. The number of hydrogen-bond acceptors (Lipinski definition) is 2. The molecule has 0 aromatic carbocycles. The van der Waals surface area contributed by atoms with E-state index in [-0.39, 0.29) is 5.57 Å². The first-order chi connectivity index (χ1) is 4.75. The third-order valence-electron chi connectivity index (χ3n) is 1.33. The first-order valence-electron chi connectivity index (χ1n) is 2.78. The molecule has 2 nitrogen and oxygen atoms in total. The van der Waals surface area contributed by atoms with Gasteiger partial charge in [0.1, 0.15) is 6.29 Å². The van der Waals surface area contributed by atoms with Gasteiger partial charge in [-0.25, -0.2) is 0 Å². The molecule has 1 rings (SSSR count). The van der Waals surface area contributed by atoms with Crippen LogP contribution in [-0.4, -0.2) is 12.3 Å². The van der Waals surface area contributed by atoms with Gasteiger partial charge in [0.2, 0.25) is 0 Å². The first-order valence-corrected chi connectivity index (χ1v) is 2.78. The molecular weight excluding hydrogens is 135 g/mol. The Bertz CT molecular complexity index is 228. The van der Waals surface area contributed by atoms with E-state index in [2.05, 4.69) is 0 Å². The third-order valence-corrected chi connectivity index (χ3v) is 1.33. The van der Waals surface area contributed by atoms with Gasteiger partial charge in [-0.2, -0.15) is 4.39 Å². The number of hydrogen-bond donors (Lipinski definition) is 0. The Morgan fingerprint density at radius 2 is 2.40 bits per heavy atom. The molecular formula is C7H5FO2. The molecule has 52 valence electrons. The molecule has 1 aliphatic carbocycles. The fraction of sp³-hybridized carbons (Fsp3) is 0.143. The van der Waals surface area contributed by atoms with Crippen molar-refractivity contribution in [1.29, 1.82) is 0 Å². The van der Waals surface area contributed by atoms with Crippen molar-refractivity contribution >= 4 is 12.3 Å². The second-order valence-electron chi connectivity index (χ2n) is 1.95. The van der Waals surface area contributed by atoms with E-state index in [4.69, 9.17) is 0 Å². The van der Waals surface area contributed by atoms with Gasteiger partial charge >= 0.3 is 6.04 Å². The highest BCUT2D eigenvalue weighted by Gasteiger charge is 2.21. The van der Waals surface area contributed by atoms with Gasteiger partial charge in [0.05, 0.1) is 5.92 Å². The lowest BCUT2D eigenvalue weighted by Gasteiger charge is -1.97. The number of aldehydes is 1. The largest absolute Gasteiger partial charge is 0.312 e. The van der Waals surface area contributed by atoms with Crippen molar-refractivity contribution in [3.05, 3.63) is 23.8 Å². The summed E-state index contributed by atoms with van der Waals surface area (Å²) in [6.45, 7) is 0. The van der Waals surface area contributed by atoms with Gasteiger partial charge in [0.25, 0.3) is 0 Å². The zero-order valence-electron chi connectivity index (χ0n) is 5.08. The van der Waals surface area contributed by atoms with Crippen molar-refractivity contribution in [3.8, 4) is 0 Å². The Morgan fingerprint density at radius 1 is 1.70 bits per heavy atom. The van der Waals surface area contributed by atoms with Crippen molar-refractivity contribution in [2.24, 2.45) is 5.92 Å². The summed E-state index contributed by atoms with van der Waals surface area (Å²) in [5.41, 5.74) is 0.188. The summed E-state index contributed by atoms with van der Waals surface area (Å²) >= 11 is 0. The molecule has 1 unspecified atom stereocenters. The topological polar surface area (TPSA) is 34.1 Å². The van der Waals surface area contributed by atoms with Crippen molar-refractivity contribution in [2.45, 2.75) is 0 Å². The van der Waals surface area contributed by atoms with Crippen molar-refractivity contribution in [3.63, 3.8) is 0 Å². The Kier molecular flexibility index (Phi) is 1.76. The van der Waals surface area contributed by atoms with E-state index >= 15 is 0 Å². The minimum atomic E-state index is -1.48. The van der Waals surface area contributed by atoms with E-state index in [0.29, 0.717) is 6.29 Å². The van der Waals surface area contributed by atoms with Crippen LogP contribution in [0.15, 0.2) is 23.8 Å². The third kappa shape index (κ3) is 1.03. The SMILES string of the molecule is O=CC1=CC=CC1C(=O)F. The second kappa shape index (κ2) is 2.56. The van der Waals surface area contributed by atoms with Gasteiger partial charge in [-0.3, -0.25) is 9.59 Å². The quantitative estimate of drug-likeness (QED) is 0.420. The van der Waals surface area contributed by atoms with E-state index in [1.165, 1.54) is 18.2 Å².